The van der Waals surface area contributed by atoms with Crippen LogP contribution >= 0.6 is 0 Å². The van der Waals surface area contributed by atoms with Crippen LogP contribution in [0.4, 0.5) is 0 Å². The molecule has 2 aromatic rings. The van der Waals surface area contributed by atoms with Crippen molar-refractivity contribution in [2.45, 2.75) is 70.9 Å². The van der Waals surface area contributed by atoms with Crippen LogP contribution in [0.15, 0.2) is 30.5 Å². The second-order valence-electron chi connectivity index (χ2n) is 10.2. The van der Waals surface area contributed by atoms with Crippen molar-refractivity contribution in [2.75, 3.05) is 13.2 Å². The summed E-state index contributed by atoms with van der Waals surface area (Å²) in [4.78, 5) is 13.0. The summed E-state index contributed by atoms with van der Waals surface area (Å²) >= 11 is 0. The molecule has 2 aliphatic rings. The Kier molecular flexibility index (Phi) is 5.01. The van der Waals surface area contributed by atoms with Gasteiger partial charge in [-0.3, -0.25) is 9.48 Å². The Labute approximate surface area is 173 Å². The predicted molar refractivity (Wildman–Crippen MR) is 112 cm³/mol. The number of nitrogens with zero attached hydrogens (tertiary/aromatic N) is 3. The SMILES string of the molecule is CC1(Cn2cc(C(=O)NC3(c4ccc(C(C)(C)C)cc4)CCCC3)nn2)COC1. The lowest BCUT2D eigenvalue weighted by molar-refractivity contribution is -0.111. The topological polar surface area (TPSA) is 69.0 Å². The third-order valence-electron chi connectivity index (χ3n) is 6.33. The normalized spacial score (nSPS) is 20.3. The molecule has 0 radical (unpaired) electrons. The van der Waals surface area contributed by atoms with E-state index in [2.05, 4.69) is 67.6 Å². The molecule has 1 aliphatic carbocycles. The highest BCUT2D eigenvalue weighted by Gasteiger charge is 2.38. The zero-order valence-electron chi connectivity index (χ0n) is 18.0. The molecule has 0 bridgehead atoms. The number of hydrogen-bond donors (Lipinski definition) is 1. The summed E-state index contributed by atoms with van der Waals surface area (Å²) in [6.07, 6.45) is 5.90. The molecule has 4 rings (SSSR count). The average Bonchev–Trinajstić information content (AvgIpc) is 3.30. The lowest BCUT2D eigenvalue weighted by atomic mass is 9.83. The minimum atomic E-state index is -0.314. The molecule has 6 heteroatoms. The minimum absolute atomic E-state index is 0.0862. The Bertz CT molecular complexity index is 869. The summed E-state index contributed by atoms with van der Waals surface area (Å²) in [5.41, 5.74) is 2.76. The molecule has 29 heavy (non-hydrogen) atoms. The fourth-order valence-corrected chi connectivity index (χ4v) is 4.45. The second kappa shape index (κ2) is 7.24. The van der Waals surface area contributed by atoms with E-state index in [0.29, 0.717) is 12.2 Å². The standard InChI is InChI=1S/C23H32N4O2/c1-21(2,3)17-7-9-18(10-8-17)23(11-5-6-12-23)24-20(28)19-13-27(26-25-19)14-22(4)15-29-16-22/h7-10,13H,5-6,11-12,14-16H2,1-4H3,(H,24,28). The van der Waals surface area contributed by atoms with E-state index in [9.17, 15) is 4.79 Å². The highest BCUT2D eigenvalue weighted by atomic mass is 16.5. The zero-order chi connectivity index (χ0) is 20.7. The number of aromatic nitrogens is 3. The highest BCUT2D eigenvalue weighted by molar-refractivity contribution is 5.92. The zero-order valence-corrected chi connectivity index (χ0v) is 18.0. The van der Waals surface area contributed by atoms with Crippen LogP contribution in [0.3, 0.4) is 0 Å². The predicted octanol–water partition coefficient (Wildman–Crippen LogP) is 3.81. The molecule has 1 aliphatic heterocycles. The molecule has 0 unspecified atom stereocenters. The molecular weight excluding hydrogens is 364 g/mol. The molecule has 1 saturated heterocycles. The van der Waals surface area contributed by atoms with Gasteiger partial charge in [0.2, 0.25) is 0 Å². The molecule has 1 N–H and O–H groups in total. The van der Waals surface area contributed by atoms with Crippen molar-refractivity contribution >= 4 is 5.91 Å². The van der Waals surface area contributed by atoms with E-state index in [0.717, 1.165) is 38.9 Å². The van der Waals surface area contributed by atoms with E-state index >= 15 is 0 Å². The van der Waals surface area contributed by atoms with Gasteiger partial charge in [0.05, 0.1) is 31.5 Å². The highest BCUT2D eigenvalue weighted by Crippen LogP contribution is 2.39. The first-order valence-electron chi connectivity index (χ1n) is 10.6. The van der Waals surface area contributed by atoms with Crippen molar-refractivity contribution in [2.24, 2.45) is 5.41 Å². The van der Waals surface area contributed by atoms with Gasteiger partial charge in [0, 0.05) is 5.41 Å². The van der Waals surface area contributed by atoms with E-state index < -0.39 is 0 Å². The smallest absolute Gasteiger partial charge is 0.274 e. The maximum Gasteiger partial charge on any atom is 0.274 e. The molecule has 1 amide bonds. The van der Waals surface area contributed by atoms with Crippen molar-refractivity contribution in [3.8, 4) is 0 Å². The Morgan fingerprint density at radius 2 is 1.83 bits per heavy atom. The van der Waals surface area contributed by atoms with Crippen LogP contribution in [0.25, 0.3) is 0 Å². The average molecular weight is 397 g/mol. The van der Waals surface area contributed by atoms with Gasteiger partial charge in [0.15, 0.2) is 5.69 Å². The summed E-state index contributed by atoms with van der Waals surface area (Å²) in [7, 11) is 0. The number of benzene rings is 1. The summed E-state index contributed by atoms with van der Waals surface area (Å²) in [5.74, 6) is -0.145. The van der Waals surface area contributed by atoms with E-state index in [4.69, 9.17) is 4.74 Å². The van der Waals surface area contributed by atoms with Gasteiger partial charge >= 0.3 is 0 Å². The number of rotatable bonds is 5. The van der Waals surface area contributed by atoms with Crippen LogP contribution in [-0.4, -0.2) is 34.1 Å². The van der Waals surface area contributed by atoms with Gasteiger partial charge in [-0.2, -0.15) is 0 Å². The van der Waals surface area contributed by atoms with Crippen LogP contribution in [-0.2, 0) is 22.2 Å². The quantitative estimate of drug-likeness (QED) is 0.834. The number of hydrogen-bond acceptors (Lipinski definition) is 4. The molecule has 1 saturated carbocycles. The van der Waals surface area contributed by atoms with Crippen molar-refractivity contribution in [3.05, 3.63) is 47.3 Å². The maximum absolute atomic E-state index is 13.0. The summed E-state index contributed by atoms with van der Waals surface area (Å²) in [5, 5.41) is 11.6. The second-order valence-corrected chi connectivity index (χ2v) is 10.2. The monoisotopic (exact) mass is 396 g/mol. The Morgan fingerprint density at radius 1 is 1.17 bits per heavy atom. The van der Waals surface area contributed by atoms with Crippen LogP contribution in [0.5, 0.6) is 0 Å². The van der Waals surface area contributed by atoms with Gasteiger partial charge in [0.25, 0.3) is 5.91 Å². The number of carbonyl (C=O) groups excluding carboxylic acids is 1. The molecule has 2 fully saturated rings. The Balaban J connectivity index is 1.51. The molecular formula is C23H32N4O2. The number of nitrogens with one attached hydrogen (secondary N) is 1. The first kappa shape index (κ1) is 20.1. The molecule has 156 valence electrons. The Morgan fingerprint density at radius 3 is 2.38 bits per heavy atom. The lowest BCUT2D eigenvalue weighted by Crippen LogP contribution is -2.44. The summed E-state index contributed by atoms with van der Waals surface area (Å²) in [6.45, 7) is 11.0. The first-order valence-corrected chi connectivity index (χ1v) is 10.6. The van der Waals surface area contributed by atoms with Gasteiger partial charge in [-0.05, 0) is 29.4 Å². The van der Waals surface area contributed by atoms with Gasteiger partial charge in [-0.25, -0.2) is 0 Å². The van der Waals surface area contributed by atoms with Crippen molar-refractivity contribution in [1.29, 1.82) is 0 Å². The summed E-state index contributed by atoms with van der Waals surface area (Å²) in [6, 6.07) is 8.75. The van der Waals surface area contributed by atoms with Crippen LogP contribution in [0.1, 0.15) is 75.0 Å². The minimum Gasteiger partial charge on any atom is -0.380 e. The number of ether oxygens (including phenoxy) is 1. The van der Waals surface area contributed by atoms with Crippen LogP contribution in [0, 0.1) is 5.41 Å². The largest absolute Gasteiger partial charge is 0.380 e. The molecule has 0 atom stereocenters. The van der Waals surface area contributed by atoms with Gasteiger partial charge in [-0.15, -0.1) is 5.10 Å². The van der Waals surface area contributed by atoms with E-state index in [1.807, 2.05) is 0 Å². The maximum atomic E-state index is 13.0. The lowest BCUT2D eigenvalue weighted by Gasteiger charge is -2.37. The first-order chi connectivity index (χ1) is 13.7. The van der Waals surface area contributed by atoms with Gasteiger partial charge in [-0.1, -0.05) is 70.0 Å². The van der Waals surface area contributed by atoms with E-state index in [1.165, 1.54) is 11.1 Å². The fourth-order valence-electron chi connectivity index (χ4n) is 4.45. The molecule has 2 heterocycles. The molecule has 1 aromatic heterocycles. The van der Waals surface area contributed by atoms with Crippen molar-refractivity contribution in [3.63, 3.8) is 0 Å². The van der Waals surface area contributed by atoms with E-state index in [-0.39, 0.29) is 22.3 Å². The van der Waals surface area contributed by atoms with E-state index in [1.54, 1.807) is 10.9 Å². The molecule has 0 spiro atoms. The van der Waals surface area contributed by atoms with Crippen LogP contribution < -0.4 is 5.32 Å². The third-order valence-corrected chi connectivity index (χ3v) is 6.33. The van der Waals surface area contributed by atoms with Crippen molar-refractivity contribution < 1.29 is 9.53 Å². The Hall–Kier alpha value is -2.21. The number of amides is 1. The van der Waals surface area contributed by atoms with Crippen molar-refractivity contribution in [1.82, 2.24) is 20.3 Å². The molecule has 6 nitrogen and oxygen atoms in total. The van der Waals surface area contributed by atoms with Gasteiger partial charge < -0.3 is 10.1 Å². The summed E-state index contributed by atoms with van der Waals surface area (Å²) < 4.78 is 7.06. The fraction of sp³-hybridized carbons (Fsp3) is 0.609. The third kappa shape index (κ3) is 4.08. The number of carbonyl (C=O) groups is 1. The van der Waals surface area contributed by atoms with Crippen LogP contribution in [0.2, 0.25) is 0 Å². The van der Waals surface area contributed by atoms with Gasteiger partial charge in [0.1, 0.15) is 0 Å². The molecule has 1 aromatic carbocycles.